The minimum absolute atomic E-state index is 0.0560. The van der Waals surface area contributed by atoms with Crippen LogP contribution in [0.2, 0.25) is 5.02 Å². The summed E-state index contributed by atoms with van der Waals surface area (Å²) in [6, 6.07) is 17.5. The number of carbonyl (C=O) groups excluding carboxylic acids is 2. The quantitative estimate of drug-likeness (QED) is 0.464. The predicted molar refractivity (Wildman–Crippen MR) is 144 cm³/mol. The highest BCUT2D eigenvalue weighted by Crippen LogP contribution is 2.38. The van der Waals surface area contributed by atoms with E-state index in [1.807, 2.05) is 61.5 Å². The number of carbonyl (C=O) groups is 2. The van der Waals surface area contributed by atoms with Crippen molar-refractivity contribution in [1.82, 2.24) is 15.6 Å². The van der Waals surface area contributed by atoms with Gasteiger partial charge in [0.05, 0.1) is 12.7 Å². The van der Waals surface area contributed by atoms with Crippen LogP contribution < -0.4 is 20.3 Å². The Hall–Kier alpha value is -3.58. The molecule has 0 saturated carbocycles. The number of ether oxygens (including phenoxy) is 1. The molecule has 2 fully saturated rings. The summed E-state index contributed by atoms with van der Waals surface area (Å²) in [6.07, 6.45) is 5.50. The highest BCUT2D eigenvalue weighted by molar-refractivity contribution is 6.31. The number of halogens is 1. The van der Waals surface area contributed by atoms with Crippen LogP contribution in [0, 0.1) is 6.92 Å². The highest BCUT2D eigenvalue weighted by atomic mass is 35.5. The van der Waals surface area contributed by atoms with Crippen LogP contribution in [0.3, 0.4) is 0 Å². The number of piperidine rings is 1. The molecule has 2 saturated heterocycles. The number of nitrogens with one attached hydrogen (secondary N) is 2. The number of hydrogen-bond acceptors (Lipinski definition) is 5. The first kappa shape index (κ1) is 25.1. The molecule has 5 rings (SSSR count). The molecular weight excluding hydrogens is 488 g/mol. The summed E-state index contributed by atoms with van der Waals surface area (Å²) in [7, 11) is 1.62. The summed E-state index contributed by atoms with van der Waals surface area (Å²) < 4.78 is 5.37. The number of hydrogen-bond donors (Lipinski definition) is 2. The maximum atomic E-state index is 13.0. The molecule has 7 nitrogen and oxygen atoms in total. The molecule has 192 valence electrons. The van der Waals surface area contributed by atoms with Gasteiger partial charge in [0, 0.05) is 47.0 Å². The second-order valence-corrected chi connectivity index (χ2v) is 10.2. The average Bonchev–Trinajstić information content (AvgIpc) is 3.18. The SMILES string of the molecule is COc1cccc(C(=O)N[C@H]2C[C@H]3CC[C@@H](C2)N3c2ccc(C(=O)NCc3ccccc3Cl)cn2)c1C. The minimum Gasteiger partial charge on any atom is -0.496 e. The Morgan fingerprint density at radius 3 is 2.46 bits per heavy atom. The molecule has 0 radical (unpaired) electrons. The molecule has 0 spiro atoms. The third kappa shape index (κ3) is 5.27. The van der Waals surface area contributed by atoms with E-state index in [0.29, 0.717) is 34.8 Å². The van der Waals surface area contributed by atoms with Crippen molar-refractivity contribution in [2.75, 3.05) is 12.0 Å². The molecule has 3 heterocycles. The maximum Gasteiger partial charge on any atom is 0.253 e. The monoisotopic (exact) mass is 518 g/mol. The van der Waals surface area contributed by atoms with Crippen molar-refractivity contribution in [3.05, 3.63) is 88.1 Å². The first-order valence-corrected chi connectivity index (χ1v) is 13.0. The topological polar surface area (TPSA) is 83.6 Å². The van der Waals surface area contributed by atoms with Gasteiger partial charge in [0.15, 0.2) is 0 Å². The first-order chi connectivity index (χ1) is 17.9. The van der Waals surface area contributed by atoms with Crippen LogP contribution in [0.4, 0.5) is 5.82 Å². The Bertz CT molecular complexity index is 1280. The number of benzene rings is 2. The number of anilines is 1. The van der Waals surface area contributed by atoms with Crippen molar-refractivity contribution in [2.24, 2.45) is 0 Å². The lowest BCUT2D eigenvalue weighted by molar-refractivity contribution is 0.0923. The molecule has 2 bridgehead atoms. The molecule has 3 aromatic rings. The Balaban J connectivity index is 1.20. The summed E-state index contributed by atoms with van der Waals surface area (Å²) >= 11 is 6.18. The largest absolute Gasteiger partial charge is 0.496 e. The second kappa shape index (κ2) is 10.8. The van der Waals surface area contributed by atoms with E-state index in [4.69, 9.17) is 16.3 Å². The highest BCUT2D eigenvalue weighted by Gasteiger charge is 2.42. The van der Waals surface area contributed by atoms with Gasteiger partial charge >= 0.3 is 0 Å². The Morgan fingerprint density at radius 2 is 1.78 bits per heavy atom. The van der Waals surface area contributed by atoms with E-state index in [0.717, 1.165) is 48.4 Å². The van der Waals surface area contributed by atoms with Crippen molar-refractivity contribution in [2.45, 2.75) is 57.3 Å². The van der Waals surface area contributed by atoms with Crippen LogP contribution in [0.1, 0.15) is 57.5 Å². The van der Waals surface area contributed by atoms with Crippen LogP contribution in [-0.4, -0.2) is 42.0 Å². The molecule has 2 amide bonds. The summed E-state index contributed by atoms with van der Waals surface area (Å²) in [5.41, 5.74) is 2.89. The van der Waals surface area contributed by atoms with E-state index in [1.54, 1.807) is 13.3 Å². The Morgan fingerprint density at radius 1 is 1.03 bits per heavy atom. The van der Waals surface area contributed by atoms with E-state index >= 15 is 0 Å². The smallest absolute Gasteiger partial charge is 0.253 e. The molecule has 37 heavy (non-hydrogen) atoms. The van der Waals surface area contributed by atoms with Crippen molar-refractivity contribution in [3.63, 3.8) is 0 Å². The van der Waals surface area contributed by atoms with E-state index < -0.39 is 0 Å². The van der Waals surface area contributed by atoms with E-state index in [9.17, 15) is 9.59 Å². The molecule has 3 atom stereocenters. The van der Waals surface area contributed by atoms with Gasteiger partial charge in [0.1, 0.15) is 11.6 Å². The fourth-order valence-corrected chi connectivity index (χ4v) is 5.81. The first-order valence-electron chi connectivity index (χ1n) is 12.6. The number of aromatic nitrogens is 1. The molecule has 1 aromatic heterocycles. The Labute approximate surface area is 222 Å². The molecule has 8 heteroatoms. The number of rotatable bonds is 7. The van der Waals surface area contributed by atoms with Gasteiger partial charge in [0.25, 0.3) is 11.8 Å². The summed E-state index contributed by atoms with van der Waals surface area (Å²) in [6.45, 7) is 2.27. The molecule has 0 aliphatic carbocycles. The third-order valence-corrected chi connectivity index (χ3v) is 7.86. The predicted octanol–water partition coefficient (Wildman–Crippen LogP) is 4.91. The minimum atomic E-state index is -0.184. The summed E-state index contributed by atoms with van der Waals surface area (Å²) in [5.74, 6) is 1.36. The summed E-state index contributed by atoms with van der Waals surface area (Å²) in [4.78, 5) is 32.6. The van der Waals surface area contributed by atoms with E-state index in [2.05, 4.69) is 20.5 Å². The second-order valence-electron chi connectivity index (χ2n) is 9.75. The molecular formula is C29H31ClN4O3. The molecule has 2 aliphatic heterocycles. The number of nitrogens with zero attached hydrogens (tertiary/aromatic N) is 2. The van der Waals surface area contributed by atoms with Crippen molar-refractivity contribution in [1.29, 1.82) is 0 Å². The zero-order chi connectivity index (χ0) is 25.9. The fraction of sp³-hybridized carbons (Fsp3) is 0.345. The normalized spacial score (nSPS) is 20.4. The lowest BCUT2D eigenvalue weighted by atomic mass is 9.96. The van der Waals surface area contributed by atoms with Gasteiger partial charge in [-0.15, -0.1) is 0 Å². The van der Waals surface area contributed by atoms with Crippen LogP contribution in [0.25, 0.3) is 0 Å². The zero-order valence-electron chi connectivity index (χ0n) is 21.0. The van der Waals surface area contributed by atoms with Crippen molar-refractivity contribution >= 4 is 29.2 Å². The molecule has 2 N–H and O–H groups in total. The maximum absolute atomic E-state index is 13.0. The number of amides is 2. The fourth-order valence-electron chi connectivity index (χ4n) is 5.61. The lowest BCUT2D eigenvalue weighted by Crippen LogP contribution is -2.50. The molecule has 0 unspecified atom stereocenters. The van der Waals surface area contributed by atoms with Crippen LogP contribution in [0.15, 0.2) is 60.8 Å². The van der Waals surface area contributed by atoms with E-state index in [1.165, 1.54) is 0 Å². The number of methoxy groups -OCH3 is 1. The van der Waals surface area contributed by atoms with Crippen LogP contribution in [-0.2, 0) is 6.54 Å². The van der Waals surface area contributed by atoms with Gasteiger partial charge < -0.3 is 20.3 Å². The molecule has 2 aromatic carbocycles. The lowest BCUT2D eigenvalue weighted by Gasteiger charge is -2.40. The number of pyridine rings is 1. The molecule has 2 aliphatic rings. The van der Waals surface area contributed by atoms with Gasteiger partial charge in [-0.3, -0.25) is 9.59 Å². The van der Waals surface area contributed by atoms with Gasteiger partial charge in [-0.2, -0.15) is 0 Å². The van der Waals surface area contributed by atoms with E-state index in [-0.39, 0.29) is 17.9 Å². The van der Waals surface area contributed by atoms with Crippen LogP contribution >= 0.6 is 11.6 Å². The number of fused-ring (bicyclic) bond motifs is 2. The Kier molecular flexibility index (Phi) is 7.33. The van der Waals surface area contributed by atoms with Gasteiger partial charge in [-0.25, -0.2) is 4.98 Å². The average molecular weight is 519 g/mol. The third-order valence-electron chi connectivity index (χ3n) is 7.49. The summed E-state index contributed by atoms with van der Waals surface area (Å²) in [5, 5.41) is 6.79. The van der Waals surface area contributed by atoms with Crippen molar-refractivity contribution in [3.8, 4) is 5.75 Å². The van der Waals surface area contributed by atoms with Crippen molar-refractivity contribution < 1.29 is 14.3 Å². The van der Waals surface area contributed by atoms with Gasteiger partial charge in [-0.1, -0.05) is 35.9 Å². The van der Waals surface area contributed by atoms with Crippen LogP contribution in [0.5, 0.6) is 5.75 Å². The van der Waals surface area contributed by atoms with Gasteiger partial charge in [-0.05, 0) is 68.5 Å². The standard InChI is InChI=1S/C29H31ClN4O3/c1-18-24(7-5-9-26(18)37-2)29(36)33-21-14-22-11-12-23(15-21)34(22)27-13-10-20(17-31-27)28(35)32-16-19-6-3-4-8-25(19)30/h3-10,13,17,21-23H,11-12,14-16H2,1-2H3,(H,32,35)(H,33,36)/t21-,22+,23-. The zero-order valence-corrected chi connectivity index (χ0v) is 21.8. The van der Waals surface area contributed by atoms with Gasteiger partial charge in [0.2, 0.25) is 0 Å².